The Morgan fingerprint density at radius 2 is 1.77 bits per heavy atom. The zero-order valence-corrected chi connectivity index (χ0v) is 21.2. The summed E-state index contributed by atoms with van der Waals surface area (Å²) in [5.74, 6) is -1.83. The lowest BCUT2D eigenvalue weighted by atomic mass is 10.1. The molecule has 10 heteroatoms. The van der Waals surface area contributed by atoms with Crippen molar-refractivity contribution in [3.05, 3.63) is 86.8 Å². The quantitative estimate of drug-likeness (QED) is 0.220. The van der Waals surface area contributed by atoms with Crippen LogP contribution < -0.4 is 20.8 Å². The predicted molar refractivity (Wildman–Crippen MR) is 140 cm³/mol. The van der Waals surface area contributed by atoms with Gasteiger partial charge in [0.15, 0.2) is 6.61 Å². The normalized spacial score (nSPS) is 10.6. The Bertz CT molecular complexity index is 1300. The van der Waals surface area contributed by atoms with Gasteiger partial charge in [0.1, 0.15) is 5.75 Å². The van der Waals surface area contributed by atoms with Crippen molar-refractivity contribution in [2.75, 3.05) is 17.2 Å². The first-order valence-corrected chi connectivity index (χ1v) is 11.6. The number of rotatable bonds is 7. The lowest BCUT2D eigenvalue weighted by Gasteiger charge is -2.12. The monoisotopic (exact) mass is 556 g/mol. The van der Waals surface area contributed by atoms with Crippen LogP contribution in [-0.4, -0.2) is 30.5 Å². The van der Waals surface area contributed by atoms with E-state index in [1.54, 1.807) is 36.4 Å². The number of hydrazone groups is 1. The molecule has 0 radical (unpaired) electrons. The van der Waals surface area contributed by atoms with Crippen molar-refractivity contribution in [2.45, 2.75) is 13.8 Å². The summed E-state index contributed by atoms with van der Waals surface area (Å²) in [6.45, 7) is 3.66. The van der Waals surface area contributed by atoms with Crippen molar-refractivity contribution in [2.24, 2.45) is 5.10 Å². The van der Waals surface area contributed by atoms with Crippen LogP contribution in [0.5, 0.6) is 5.75 Å². The first-order chi connectivity index (χ1) is 16.7. The molecule has 0 fully saturated rings. The Hall–Kier alpha value is -3.69. The highest BCUT2D eigenvalue weighted by Gasteiger charge is 2.13. The van der Waals surface area contributed by atoms with Gasteiger partial charge in [0.05, 0.1) is 6.21 Å². The summed E-state index contributed by atoms with van der Waals surface area (Å²) in [6.07, 6.45) is 1.31. The Morgan fingerprint density at radius 1 is 1.00 bits per heavy atom. The first-order valence-electron chi connectivity index (χ1n) is 10.4. The molecule has 0 aromatic heterocycles. The number of halogens is 2. The van der Waals surface area contributed by atoms with E-state index in [0.717, 1.165) is 21.3 Å². The van der Waals surface area contributed by atoms with Crippen LogP contribution in [-0.2, 0) is 14.4 Å². The van der Waals surface area contributed by atoms with Crippen LogP contribution in [0.15, 0.2) is 70.2 Å². The van der Waals surface area contributed by atoms with E-state index < -0.39 is 11.8 Å². The summed E-state index contributed by atoms with van der Waals surface area (Å²) in [6, 6.07) is 17.1. The summed E-state index contributed by atoms with van der Waals surface area (Å²) in [5.41, 5.74) is 5.78. The van der Waals surface area contributed by atoms with Crippen molar-refractivity contribution >= 4 is 62.8 Å². The van der Waals surface area contributed by atoms with Crippen molar-refractivity contribution in [3.8, 4) is 5.75 Å². The standard InChI is InChI=1S/C25H22BrClN4O4/c1-15-5-3-8-21(16(15)2)30-23(32)14-35-22-10-9-18(26)11-17(22)13-28-31-25(34)24(33)29-20-7-4-6-19(27)12-20/h3-13H,14H2,1-2H3,(H,29,33)(H,30,32)(H,31,34)/b28-13-. The molecular formula is C25H22BrClN4O4. The lowest BCUT2D eigenvalue weighted by Crippen LogP contribution is -2.32. The minimum Gasteiger partial charge on any atom is -0.483 e. The lowest BCUT2D eigenvalue weighted by molar-refractivity contribution is -0.136. The van der Waals surface area contributed by atoms with E-state index in [-0.39, 0.29) is 12.5 Å². The van der Waals surface area contributed by atoms with Gasteiger partial charge in [0, 0.05) is 26.4 Å². The minimum absolute atomic E-state index is 0.232. The number of hydrogen-bond acceptors (Lipinski definition) is 5. The fourth-order valence-electron chi connectivity index (χ4n) is 2.93. The van der Waals surface area contributed by atoms with Gasteiger partial charge in [-0.25, -0.2) is 5.43 Å². The van der Waals surface area contributed by atoms with Gasteiger partial charge in [0.2, 0.25) is 0 Å². The van der Waals surface area contributed by atoms with E-state index >= 15 is 0 Å². The molecule has 0 aliphatic carbocycles. The van der Waals surface area contributed by atoms with Crippen LogP contribution in [0.3, 0.4) is 0 Å². The summed E-state index contributed by atoms with van der Waals surface area (Å²) >= 11 is 9.23. The topological polar surface area (TPSA) is 109 Å². The number of carbonyl (C=O) groups is 3. The van der Waals surface area contributed by atoms with Crippen LogP contribution in [0.4, 0.5) is 11.4 Å². The first kappa shape index (κ1) is 25.9. The van der Waals surface area contributed by atoms with E-state index in [4.69, 9.17) is 16.3 Å². The fraction of sp³-hybridized carbons (Fsp3) is 0.120. The molecule has 3 N–H and O–H groups in total. The van der Waals surface area contributed by atoms with Gasteiger partial charge in [0.25, 0.3) is 5.91 Å². The maximum Gasteiger partial charge on any atom is 0.329 e. The number of hydrogen-bond donors (Lipinski definition) is 3. The number of amides is 3. The molecule has 35 heavy (non-hydrogen) atoms. The van der Waals surface area contributed by atoms with Crippen LogP contribution in [0.25, 0.3) is 0 Å². The third-order valence-electron chi connectivity index (χ3n) is 4.87. The second kappa shape index (κ2) is 12.1. The molecule has 0 heterocycles. The van der Waals surface area contributed by atoms with E-state index in [9.17, 15) is 14.4 Å². The summed E-state index contributed by atoms with van der Waals surface area (Å²) in [5, 5.41) is 9.50. The summed E-state index contributed by atoms with van der Waals surface area (Å²) in [7, 11) is 0. The van der Waals surface area contributed by atoms with Crippen LogP contribution in [0.1, 0.15) is 16.7 Å². The second-order valence-electron chi connectivity index (χ2n) is 7.43. The van der Waals surface area contributed by atoms with Gasteiger partial charge < -0.3 is 15.4 Å². The third kappa shape index (κ3) is 7.66. The highest BCUT2D eigenvalue weighted by molar-refractivity contribution is 9.10. The molecule has 0 bridgehead atoms. The highest BCUT2D eigenvalue weighted by Crippen LogP contribution is 2.22. The zero-order chi connectivity index (χ0) is 25.4. The Morgan fingerprint density at radius 3 is 2.54 bits per heavy atom. The number of nitrogens with zero attached hydrogens (tertiary/aromatic N) is 1. The molecule has 3 aromatic carbocycles. The molecule has 8 nitrogen and oxygen atoms in total. The Labute approximate surface area is 215 Å². The molecular weight excluding hydrogens is 536 g/mol. The highest BCUT2D eigenvalue weighted by atomic mass is 79.9. The molecule has 0 atom stereocenters. The number of nitrogens with one attached hydrogen (secondary N) is 3. The van der Waals surface area contributed by atoms with Crippen LogP contribution in [0, 0.1) is 13.8 Å². The maximum atomic E-state index is 12.4. The number of ether oxygens (including phenoxy) is 1. The van der Waals surface area contributed by atoms with Crippen molar-refractivity contribution in [3.63, 3.8) is 0 Å². The molecule has 0 saturated carbocycles. The van der Waals surface area contributed by atoms with E-state index in [2.05, 4.69) is 37.1 Å². The van der Waals surface area contributed by atoms with Crippen molar-refractivity contribution in [1.82, 2.24) is 5.43 Å². The maximum absolute atomic E-state index is 12.4. The number of benzene rings is 3. The Kier molecular flexibility index (Phi) is 8.99. The van der Waals surface area contributed by atoms with Gasteiger partial charge in [-0.15, -0.1) is 0 Å². The van der Waals surface area contributed by atoms with Gasteiger partial charge in [-0.05, 0) is 67.4 Å². The van der Waals surface area contributed by atoms with E-state index in [0.29, 0.717) is 22.0 Å². The molecule has 0 aliphatic heterocycles. The van der Waals surface area contributed by atoms with Crippen LogP contribution >= 0.6 is 27.5 Å². The third-order valence-corrected chi connectivity index (χ3v) is 5.60. The van der Waals surface area contributed by atoms with Gasteiger partial charge in [-0.1, -0.05) is 45.7 Å². The number of aryl methyl sites for hydroxylation is 1. The smallest absolute Gasteiger partial charge is 0.329 e. The average Bonchev–Trinajstić information content (AvgIpc) is 2.81. The van der Waals surface area contributed by atoms with Gasteiger partial charge >= 0.3 is 11.8 Å². The molecule has 0 unspecified atom stereocenters. The second-order valence-corrected chi connectivity index (χ2v) is 8.78. The van der Waals surface area contributed by atoms with E-state index in [1.807, 2.05) is 32.0 Å². The SMILES string of the molecule is Cc1cccc(NC(=O)COc2ccc(Br)cc2/C=N\NC(=O)C(=O)Nc2cccc(Cl)c2)c1C. The summed E-state index contributed by atoms with van der Waals surface area (Å²) in [4.78, 5) is 36.5. The molecule has 0 aliphatic rings. The Balaban J connectivity index is 1.59. The van der Waals surface area contributed by atoms with Gasteiger partial charge in [-0.3, -0.25) is 14.4 Å². The summed E-state index contributed by atoms with van der Waals surface area (Å²) < 4.78 is 6.40. The molecule has 3 amide bonds. The predicted octanol–water partition coefficient (Wildman–Crippen LogP) is 4.83. The van der Waals surface area contributed by atoms with Gasteiger partial charge in [-0.2, -0.15) is 5.10 Å². The molecule has 3 aromatic rings. The molecule has 0 saturated heterocycles. The number of carbonyl (C=O) groups excluding carboxylic acids is 3. The van der Waals surface area contributed by atoms with Crippen LogP contribution in [0.2, 0.25) is 5.02 Å². The van der Waals surface area contributed by atoms with Crippen molar-refractivity contribution in [1.29, 1.82) is 0 Å². The molecule has 0 spiro atoms. The fourth-order valence-corrected chi connectivity index (χ4v) is 3.50. The number of anilines is 2. The van der Waals surface area contributed by atoms with E-state index in [1.165, 1.54) is 12.3 Å². The zero-order valence-electron chi connectivity index (χ0n) is 18.9. The molecule has 180 valence electrons. The molecule has 3 rings (SSSR count). The van der Waals surface area contributed by atoms with Crippen molar-refractivity contribution < 1.29 is 19.1 Å². The largest absolute Gasteiger partial charge is 0.483 e. The average molecular weight is 558 g/mol. The minimum atomic E-state index is -0.966.